The highest BCUT2D eigenvalue weighted by Gasteiger charge is 2.18. The van der Waals surface area contributed by atoms with Crippen LogP contribution in [0.2, 0.25) is 0 Å². The molecule has 8 heteroatoms. The summed E-state index contributed by atoms with van der Waals surface area (Å²) in [6, 6.07) is 5.24. The molecule has 0 aliphatic carbocycles. The van der Waals surface area contributed by atoms with Gasteiger partial charge in [0, 0.05) is 17.1 Å². The number of rotatable bonds is 7. The molecular formula is C22H21NO6S. The number of carbonyl (C=O) groups is 2. The van der Waals surface area contributed by atoms with Crippen LogP contribution in [0.3, 0.4) is 0 Å². The summed E-state index contributed by atoms with van der Waals surface area (Å²) in [6.45, 7) is 1.81. The molecule has 0 saturated carbocycles. The number of carbonyl (C=O) groups excluding carboxylic acids is 2. The number of ketones is 1. The first-order valence-corrected chi connectivity index (χ1v) is 9.75. The molecule has 2 aromatic heterocycles. The maximum atomic E-state index is 12.7. The van der Waals surface area contributed by atoms with E-state index in [-0.39, 0.29) is 5.78 Å². The van der Waals surface area contributed by atoms with E-state index in [0.717, 1.165) is 10.9 Å². The molecule has 0 radical (unpaired) electrons. The molecule has 3 rings (SSSR count). The molecular weight excluding hydrogens is 406 g/mol. The number of hydrogen-bond acceptors (Lipinski definition) is 8. The minimum atomic E-state index is -0.411. The van der Waals surface area contributed by atoms with Gasteiger partial charge in [0.15, 0.2) is 17.3 Å². The molecule has 0 fully saturated rings. The first-order chi connectivity index (χ1) is 14.4. The van der Waals surface area contributed by atoms with Crippen LogP contribution in [0, 0.1) is 6.92 Å². The van der Waals surface area contributed by atoms with Gasteiger partial charge in [0.05, 0.1) is 28.4 Å². The molecule has 3 aromatic rings. The third kappa shape index (κ3) is 3.99. The van der Waals surface area contributed by atoms with Gasteiger partial charge in [-0.05, 0) is 42.3 Å². The van der Waals surface area contributed by atoms with Gasteiger partial charge >= 0.3 is 5.97 Å². The van der Waals surface area contributed by atoms with Crippen molar-refractivity contribution in [3.63, 3.8) is 0 Å². The summed E-state index contributed by atoms with van der Waals surface area (Å²) in [7, 11) is 5.92. The summed E-state index contributed by atoms with van der Waals surface area (Å²) in [5.74, 6) is 0.842. The number of benzene rings is 1. The average molecular weight is 427 g/mol. The number of methoxy groups -OCH3 is 4. The van der Waals surface area contributed by atoms with Gasteiger partial charge in [-0.2, -0.15) is 0 Å². The highest BCUT2D eigenvalue weighted by Crippen LogP contribution is 2.38. The Hall–Kier alpha value is -3.39. The maximum absolute atomic E-state index is 12.7. The predicted octanol–water partition coefficient (Wildman–Crippen LogP) is 4.31. The molecule has 0 aliphatic rings. The van der Waals surface area contributed by atoms with Gasteiger partial charge in [-0.15, -0.1) is 11.3 Å². The van der Waals surface area contributed by atoms with E-state index in [1.807, 2.05) is 6.92 Å². The van der Waals surface area contributed by atoms with Crippen LogP contribution in [0.5, 0.6) is 17.2 Å². The second kappa shape index (κ2) is 8.96. The highest BCUT2D eigenvalue weighted by molar-refractivity contribution is 7.20. The zero-order chi connectivity index (χ0) is 21.8. The Morgan fingerprint density at radius 2 is 1.67 bits per heavy atom. The summed E-state index contributed by atoms with van der Waals surface area (Å²) in [5, 5.41) is 0.757. The van der Waals surface area contributed by atoms with E-state index in [4.69, 9.17) is 18.9 Å². The lowest BCUT2D eigenvalue weighted by Crippen LogP contribution is -1.99. The van der Waals surface area contributed by atoms with Gasteiger partial charge in [-0.3, -0.25) is 4.79 Å². The number of aryl methyl sites for hydroxylation is 1. The highest BCUT2D eigenvalue weighted by atomic mass is 32.1. The third-order valence-corrected chi connectivity index (χ3v) is 5.76. The van der Waals surface area contributed by atoms with Gasteiger partial charge in [0.2, 0.25) is 5.75 Å². The van der Waals surface area contributed by atoms with Crippen molar-refractivity contribution in [1.29, 1.82) is 0 Å². The number of hydrogen-bond donors (Lipinski definition) is 0. The molecule has 0 atom stereocenters. The monoisotopic (exact) mass is 427 g/mol. The Bertz CT molecular complexity index is 1120. The summed E-state index contributed by atoms with van der Waals surface area (Å²) in [6.07, 6.45) is 4.62. The van der Waals surface area contributed by atoms with Crippen molar-refractivity contribution < 1.29 is 28.5 Å². The average Bonchev–Trinajstić information content (AvgIpc) is 3.11. The first kappa shape index (κ1) is 21.3. The van der Waals surface area contributed by atoms with Crippen LogP contribution in [0.4, 0.5) is 0 Å². The van der Waals surface area contributed by atoms with Crippen molar-refractivity contribution in [3.05, 3.63) is 52.0 Å². The molecule has 0 aliphatic heterocycles. The van der Waals surface area contributed by atoms with Gasteiger partial charge in [0.1, 0.15) is 9.71 Å². The largest absolute Gasteiger partial charge is 0.493 e. The van der Waals surface area contributed by atoms with E-state index in [2.05, 4.69) is 4.98 Å². The SMILES string of the molecule is COC(=O)c1sc2ncc(C(=O)/C=C/c3cc(OC)c(OC)c(OC)c3)cc2c1C. The number of ether oxygens (including phenoxy) is 4. The number of thiophene rings is 1. The number of allylic oxidation sites excluding steroid dienone is 1. The fourth-order valence-corrected chi connectivity index (χ4v) is 4.04. The second-order valence-corrected chi connectivity index (χ2v) is 7.28. The Balaban J connectivity index is 1.92. The minimum Gasteiger partial charge on any atom is -0.493 e. The zero-order valence-corrected chi connectivity index (χ0v) is 18.1. The van der Waals surface area contributed by atoms with Crippen LogP contribution in [-0.2, 0) is 4.74 Å². The van der Waals surface area contributed by atoms with Gasteiger partial charge < -0.3 is 18.9 Å². The molecule has 0 amide bonds. The van der Waals surface area contributed by atoms with Crippen molar-refractivity contribution in [2.45, 2.75) is 6.92 Å². The van der Waals surface area contributed by atoms with Crippen molar-refractivity contribution in [2.24, 2.45) is 0 Å². The summed E-state index contributed by atoms with van der Waals surface area (Å²) < 4.78 is 20.8. The standard InChI is InChI=1S/C22H21NO6S/c1-12-15-10-14(11-23-21(15)30-20(12)22(25)29-5)16(24)7-6-13-8-17(26-2)19(28-4)18(9-13)27-3/h6-11H,1-5H3/b7-6+. The molecule has 156 valence electrons. The molecule has 30 heavy (non-hydrogen) atoms. The second-order valence-electron chi connectivity index (χ2n) is 6.28. The van der Waals surface area contributed by atoms with Gasteiger partial charge in [-0.25, -0.2) is 9.78 Å². The number of fused-ring (bicyclic) bond motifs is 1. The molecule has 7 nitrogen and oxygen atoms in total. The van der Waals surface area contributed by atoms with Gasteiger partial charge in [-0.1, -0.05) is 6.08 Å². The van der Waals surface area contributed by atoms with E-state index in [0.29, 0.717) is 38.1 Å². The Labute approximate surface area is 177 Å². The molecule has 0 saturated heterocycles. The van der Waals surface area contributed by atoms with Crippen molar-refractivity contribution in [1.82, 2.24) is 4.98 Å². The lowest BCUT2D eigenvalue weighted by molar-refractivity contribution is 0.0605. The molecule has 0 unspecified atom stereocenters. The first-order valence-electron chi connectivity index (χ1n) is 8.93. The van der Waals surface area contributed by atoms with E-state index in [1.165, 1.54) is 52.0 Å². The smallest absolute Gasteiger partial charge is 0.348 e. The quantitative estimate of drug-likeness (QED) is 0.315. The van der Waals surface area contributed by atoms with Crippen LogP contribution in [-0.4, -0.2) is 45.2 Å². The van der Waals surface area contributed by atoms with E-state index in [1.54, 1.807) is 24.3 Å². The summed E-state index contributed by atoms with van der Waals surface area (Å²) in [5.41, 5.74) is 1.88. The van der Waals surface area contributed by atoms with Crippen LogP contribution in [0.15, 0.2) is 30.5 Å². The number of pyridine rings is 1. The van der Waals surface area contributed by atoms with Crippen molar-refractivity contribution in [3.8, 4) is 17.2 Å². The molecule has 0 bridgehead atoms. The third-order valence-electron chi connectivity index (χ3n) is 4.56. The lowest BCUT2D eigenvalue weighted by Gasteiger charge is -2.12. The normalized spacial score (nSPS) is 11.0. The van der Waals surface area contributed by atoms with E-state index < -0.39 is 5.97 Å². The van der Waals surface area contributed by atoms with Crippen LogP contribution < -0.4 is 14.2 Å². The number of esters is 1. The fraction of sp³-hybridized carbons (Fsp3) is 0.227. The number of nitrogens with zero attached hydrogens (tertiary/aromatic N) is 1. The Morgan fingerprint density at radius 3 is 2.23 bits per heavy atom. The number of aromatic nitrogens is 1. The van der Waals surface area contributed by atoms with Gasteiger partial charge in [0.25, 0.3) is 0 Å². The van der Waals surface area contributed by atoms with Crippen LogP contribution in [0.25, 0.3) is 16.3 Å². The van der Waals surface area contributed by atoms with Crippen molar-refractivity contribution >= 4 is 39.4 Å². The van der Waals surface area contributed by atoms with Crippen LogP contribution >= 0.6 is 11.3 Å². The Kier molecular flexibility index (Phi) is 6.37. The minimum absolute atomic E-state index is 0.219. The lowest BCUT2D eigenvalue weighted by atomic mass is 10.1. The molecule has 0 spiro atoms. The molecule has 1 aromatic carbocycles. The van der Waals surface area contributed by atoms with Crippen LogP contribution in [0.1, 0.15) is 31.2 Å². The summed E-state index contributed by atoms with van der Waals surface area (Å²) in [4.78, 5) is 30.1. The van der Waals surface area contributed by atoms with E-state index in [9.17, 15) is 9.59 Å². The summed E-state index contributed by atoms with van der Waals surface area (Å²) >= 11 is 1.24. The fourth-order valence-electron chi connectivity index (χ4n) is 2.99. The zero-order valence-electron chi connectivity index (χ0n) is 17.3. The van der Waals surface area contributed by atoms with E-state index >= 15 is 0 Å². The molecule has 0 N–H and O–H groups in total. The molecule has 2 heterocycles. The Morgan fingerprint density at radius 1 is 1.00 bits per heavy atom. The maximum Gasteiger partial charge on any atom is 0.348 e. The van der Waals surface area contributed by atoms with Crippen molar-refractivity contribution in [2.75, 3.05) is 28.4 Å². The topological polar surface area (TPSA) is 84.0 Å². The predicted molar refractivity (Wildman–Crippen MR) is 115 cm³/mol.